The first kappa shape index (κ1) is 46.6. The number of nitrogens with zero attached hydrogens (tertiary/aromatic N) is 1. The third kappa shape index (κ3) is 24.6. The van der Waals surface area contributed by atoms with Gasteiger partial charge in [0.1, 0.15) is 0 Å². The Bertz CT molecular complexity index is 715. The van der Waals surface area contributed by atoms with Gasteiger partial charge in [0.2, 0.25) is 5.91 Å². The predicted molar refractivity (Wildman–Crippen MR) is 189 cm³/mol. The molecule has 2 rings (SSSR count). The largest absolute Gasteiger partial charge is 0.359 e. The molecule has 2 heterocycles. The minimum absolute atomic E-state index is 0.0684. The molecule has 0 aromatic carbocycles. The van der Waals surface area contributed by atoms with Crippen LogP contribution >= 0.6 is 0 Å². The monoisotopic (exact) mass is 663 g/mol. The topological polar surface area (TPSA) is 148 Å². The maximum absolute atomic E-state index is 11.0. The van der Waals surface area contributed by atoms with Crippen molar-refractivity contribution in [3.05, 3.63) is 0 Å². The molecule has 0 bridgehead atoms. The summed E-state index contributed by atoms with van der Waals surface area (Å²) in [5.41, 5.74) is 4.94. The number of carbonyl (C=O) groups excluding carboxylic acids is 2. The average Bonchev–Trinajstić information content (AvgIpc) is 3.04. The van der Waals surface area contributed by atoms with Crippen molar-refractivity contribution in [2.75, 3.05) is 79.8 Å². The Hall–Kier alpha value is -1.54. The second-order valence-corrected chi connectivity index (χ2v) is 13.1. The molecule has 2 aliphatic heterocycles. The molecule has 2 saturated heterocycles. The Morgan fingerprint density at radius 2 is 1.35 bits per heavy atom. The highest BCUT2D eigenvalue weighted by Gasteiger charge is 2.41. The van der Waals surface area contributed by atoms with E-state index in [1.54, 1.807) is 14.1 Å². The zero-order valence-electron chi connectivity index (χ0n) is 31.5. The van der Waals surface area contributed by atoms with Gasteiger partial charge in [0.15, 0.2) is 12.6 Å². The molecule has 0 aromatic heterocycles. The van der Waals surface area contributed by atoms with E-state index >= 15 is 0 Å². The molecule has 0 unspecified atom stereocenters. The summed E-state index contributed by atoms with van der Waals surface area (Å²) in [6.07, 6.45) is 5.71. The minimum Gasteiger partial charge on any atom is -0.359 e. The Kier molecular flexibility index (Phi) is 28.8. The summed E-state index contributed by atoms with van der Waals surface area (Å²) < 4.78 is 23.4. The summed E-state index contributed by atoms with van der Waals surface area (Å²) in [6, 6.07) is 0.506. The number of unbranched alkanes of at least 4 members (excludes halogenated alkanes) is 2. The quantitative estimate of drug-likeness (QED) is 0.174. The van der Waals surface area contributed by atoms with Gasteiger partial charge in [-0.25, -0.2) is 4.79 Å². The molecule has 1 spiro atoms. The van der Waals surface area contributed by atoms with Crippen molar-refractivity contribution in [2.45, 2.75) is 119 Å². The van der Waals surface area contributed by atoms with Crippen LogP contribution in [0, 0.1) is 10.8 Å². The number of urea groups is 1. The number of nitrogens with one attached hydrogen (secondary N) is 4. The Morgan fingerprint density at radius 1 is 0.848 bits per heavy atom. The summed E-state index contributed by atoms with van der Waals surface area (Å²) >= 11 is 0. The number of nitrogens with two attached hydrogens (primary N) is 1. The molecule has 0 aliphatic carbocycles. The number of hydrogen-bond acceptors (Lipinski definition) is 9. The normalized spacial score (nSPS) is 20.8. The third-order valence-corrected chi connectivity index (χ3v) is 7.33. The van der Waals surface area contributed by atoms with Crippen molar-refractivity contribution in [3.63, 3.8) is 0 Å². The molecular formula is C34H74N6O6. The van der Waals surface area contributed by atoms with E-state index in [0.29, 0.717) is 39.0 Å². The first-order valence-electron chi connectivity index (χ1n) is 17.6. The van der Waals surface area contributed by atoms with Gasteiger partial charge < -0.3 is 50.8 Å². The van der Waals surface area contributed by atoms with Gasteiger partial charge in [-0.15, -0.1) is 0 Å². The molecular weight excluding hydrogens is 588 g/mol. The SMILES string of the molecule is CCCCC1OCC2(CO1)COC(CCCCNC(=O)NC)OC2.CCN(CC)CCN.CCNC(C)C.CNC(=O)C(C)(C)C. The van der Waals surface area contributed by atoms with Crippen LogP contribution in [0.5, 0.6) is 0 Å². The molecule has 3 amide bonds. The maximum Gasteiger partial charge on any atom is 0.314 e. The zero-order valence-corrected chi connectivity index (χ0v) is 31.5. The van der Waals surface area contributed by atoms with Crippen LogP contribution in [0.15, 0.2) is 0 Å². The molecule has 276 valence electrons. The zero-order chi connectivity index (χ0) is 35.4. The lowest BCUT2D eigenvalue weighted by Crippen LogP contribution is -2.52. The van der Waals surface area contributed by atoms with Gasteiger partial charge in [-0.2, -0.15) is 0 Å². The average molecular weight is 663 g/mol. The van der Waals surface area contributed by atoms with Gasteiger partial charge in [0.05, 0.1) is 31.8 Å². The second-order valence-electron chi connectivity index (χ2n) is 13.1. The highest BCUT2D eigenvalue weighted by atomic mass is 16.7. The molecule has 12 heteroatoms. The van der Waals surface area contributed by atoms with E-state index in [2.05, 4.69) is 67.7 Å². The lowest BCUT2D eigenvalue weighted by molar-refractivity contribution is -0.304. The van der Waals surface area contributed by atoms with Gasteiger partial charge in [0, 0.05) is 45.2 Å². The van der Waals surface area contributed by atoms with Gasteiger partial charge in [-0.05, 0) is 51.7 Å². The van der Waals surface area contributed by atoms with Gasteiger partial charge in [0.25, 0.3) is 0 Å². The number of ether oxygens (including phenoxy) is 4. The Morgan fingerprint density at radius 3 is 1.63 bits per heavy atom. The highest BCUT2D eigenvalue weighted by molar-refractivity contribution is 5.80. The van der Waals surface area contributed by atoms with Crippen LogP contribution in [0.2, 0.25) is 0 Å². The first-order chi connectivity index (χ1) is 21.8. The molecule has 2 aliphatic rings. The molecule has 0 saturated carbocycles. The summed E-state index contributed by atoms with van der Waals surface area (Å²) in [4.78, 5) is 24.1. The smallest absolute Gasteiger partial charge is 0.314 e. The first-order valence-corrected chi connectivity index (χ1v) is 17.6. The lowest BCUT2D eigenvalue weighted by Gasteiger charge is -2.43. The number of likely N-dealkylation sites (N-methyl/N-ethyl adjacent to an activating group) is 1. The number of rotatable bonds is 14. The lowest BCUT2D eigenvalue weighted by atomic mass is 9.90. The highest BCUT2D eigenvalue weighted by Crippen LogP contribution is 2.32. The van der Waals surface area contributed by atoms with Gasteiger partial charge >= 0.3 is 6.03 Å². The fourth-order valence-corrected chi connectivity index (χ4v) is 4.36. The molecule has 2 fully saturated rings. The van der Waals surface area contributed by atoms with Crippen molar-refractivity contribution in [3.8, 4) is 0 Å². The van der Waals surface area contributed by atoms with Crippen molar-refractivity contribution in [1.82, 2.24) is 26.2 Å². The van der Waals surface area contributed by atoms with Gasteiger partial charge in [-0.3, -0.25) is 4.79 Å². The molecule has 0 aromatic rings. The Labute approximate surface area is 282 Å². The fraction of sp³-hybridized carbons (Fsp3) is 0.941. The van der Waals surface area contributed by atoms with Crippen molar-refractivity contribution in [2.24, 2.45) is 16.6 Å². The summed E-state index contributed by atoms with van der Waals surface area (Å²) in [5.74, 6) is 0.0810. The van der Waals surface area contributed by atoms with E-state index in [1.165, 1.54) is 0 Å². The van der Waals surface area contributed by atoms with E-state index in [-0.39, 0.29) is 35.3 Å². The molecule has 0 atom stereocenters. The predicted octanol–water partition coefficient (Wildman–Crippen LogP) is 4.08. The summed E-state index contributed by atoms with van der Waals surface area (Å²) in [5, 5.41) is 11.1. The summed E-state index contributed by atoms with van der Waals surface area (Å²) in [7, 11) is 3.26. The van der Waals surface area contributed by atoms with E-state index in [1.807, 2.05) is 20.8 Å². The van der Waals surface area contributed by atoms with Crippen LogP contribution in [0.3, 0.4) is 0 Å². The number of carbonyl (C=O) groups is 2. The standard InChI is InChI=1S/C17H32N2O5.C6H16N2.C6H13NO.C5H13N/c1-3-4-7-14-21-10-17(11-22-14)12-23-15(24-13-17)8-5-6-9-19-16(20)18-2;1-3-8(4-2)6-5-7;1-6(2,3)5(8)7-4;1-4-6-5(2)3/h14-15H,3-13H2,1-2H3,(H2,18,19,20);3-7H2,1-2H3;1-4H3,(H,7,8);5-6H,4H2,1-3H3. The van der Waals surface area contributed by atoms with Crippen LogP contribution in [0.4, 0.5) is 4.79 Å². The van der Waals surface area contributed by atoms with Crippen LogP contribution in [-0.4, -0.2) is 115 Å². The fourth-order valence-electron chi connectivity index (χ4n) is 4.36. The van der Waals surface area contributed by atoms with Crippen molar-refractivity contribution < 1.29 is 28.5 Å². The van der Waals surface area contributed by atoms with E-state index in [4.69, 9.17) is 24.7 Å². The Balaban J connectivity index is 0. The minimum atomic E-state index is -0.241. The number of amides is 3. The molecule has 0 radical (unpaired) electrons. The van der Waals surface area contributed by atoms with Crippen molar-refractivity contribution in [1.29, 1.82) is 0 Å². The molecule has 6 N–H and O–H groups in total. The van der Waals surface area contributed by atoms with E-state index in [0.717, 1.165) is 71.2 Å². The summed E-state index contributed by atoms with van der Waals surface area (Å²) in [6.45, 7) is 26.8. The maximum atomic E-state index is 11.0. The molecule has 12 nitrogen and oxygen atoms in total. The number of hydrogen-bond donors (Lipinski definition) is 5. The molecule has 46 heavy (non-hydrogen) atoms. The van der Waals surface area contributed by atoms with Gasteiger partial charge in [-0.1, -0.05) is 68.7 Å². The van der Waals surface area contributed by atoms with Crippen molar-refractivity contribution >= 4 is 11.9 Å². The second kappa shape index (κ2) is 28.5. The van der Waals surface area contributed by atoms with Crippen LogP contribution in [0.1, 0.15) is 101 Å². The van der Waals surface area contributed by atoms with E-state index < -0.39 is 0 Å². The van der Waals surface area contributed by atoms with Crippen LogP contribution in [0.25, 0.3) is 0 Å². The van der Waals surface area contributed by atoms with Crippen LogP contribution < -0.4 is 27.0 Å². The van der Waals surface area contributed by atoms with Crippen LogP contribution in [-0.2, 0) is 23.7 Å². The third-order valence-electron chi connectivity index (χ3n) is 7.33. The van der Waals surface area contributed by atoms with E-state index in [9.17, 15) is 9.59 Å².